The van der Waals surface area contributed by atoms with Crippen molar-refractivity contribution in [3.8, 4) is 5.75 Å². The molecule has 4 rings (SSSR count). The number of nitrogens with one attached hydrogen (secondary N) is 3. The van der Waals surface area contributed by atoms with Crippen LogP contribution in [0.2, 0.25) is 5.02 Å². The second-order valence-electron chi connectivity index (χ2n) is 8.91. The number of carbonyl (C=O) groups excluding carboxylic acids is 2. The molecule has 0 unspecified atom stereocenters. The van der Waals surface area contributed by atoms with Crippen molar-refractivity contribution in [2.45, 2.75) is 19.8 Å². The van der Waals surface area contributed by atoms with Gasteiger partial charge in [0.15, 0.2) is 5.82 Å². The second-order valence-corrected chi connectivity index (χ2v) is 9.31. The van der Waals surface area contributed by atoms with Crippen LogP contribution in [0.3, 0.4) is 0 Å². The van der Waals surface area contributed by atoms with Gasteiger partial charge in [0.25, 0.3) is 5.91 Å². The van der Waals surface area contributed by atoms with Gasteiger partial charge in [-0.25, -0.2) is 14.2 Å². The zero-order valence-electron chi connectivity index (χ0n) is 22.3. The standard InChI is InChI=1S/C27H31ClFN7O3/c1-5-31-25(37)18-7-6-8-20(29)23(18)33-24-19(28)15-32-26(34-24)35(3)21-13-16-9-11-36(27(38)30-2)12-10-17(16)14-22(21)39-4/h6-8,13-15H,5,9-12H2,1-4H3,(H,30,38)(H,31,37)(H,32,33,34). The van der Waals surface area contributed by atoms with E-state index in [4.69, 9.17) is 16.3 Å². The highest BCUT2D eigenvalue weighted by Gasteiger charge is 2.23. The van der Waals surface area contributed by atoms with Gasteiger partial charge >= 0.3 is 6.03 Å². The summed E-state index contributed by atoms with van der Waals surface area (Å²) >= 11 is 6.37. The van der Waals surface area contributed by atoms with Crippen LogP contribution >= 0.6 is 11.6 Å². The van der Waals surface area contributed by atoms with Crippen molar-refractivity contribution < 1.29 is 18.7 Å². The summed E-state index contributed by atoms with van der Waals surface area (Å²) in [5.74, 6) is -0.0191. The van der Waals surface area contributed by atoms with E-state index >= 15 is 0 Å². The highest BCUT2D eigenvalue weighted by molar-refractivity contribution is 6.33. The first kappa shape index (κ1) is 27.9. The third-order valence-corrected chi connectivity index (χ3v) is 6.81. The van der Waals surface area contributed by atoms with Crippen LogP contribution in [0, 0.1) is 5.82 Å². The maximum atomic E-state index is 14.8. The Labute approximate surface area is 231 Å². The Morgan fingerprint density at radius 1 is 1.21 bits per heavy atom. The Bertz CT molecular complexity index is 1390. The van der Waals surface area contributed by atoms with E-state index in [0.29, 0.717) is 43.9 Å². The Hall–Kier alpha value is -4.12. The minimum absolute atomic E-state index is 0.0408. The number of fused-ring (bicyclic) bond motifs is 1. The zero-order chi connectivity index (χ0) is 28.1. The number of amides is 3. The molecular weight excluding hydrogens is 525 g/mol. The molecule has 1 aliphatic heterocycles. The Balaban J connectivity index is 1.66. The fraction of sp³-hybridized carbons (Fsp3) is 0.333. The van der Waals surface area contributed by atoms with Gasteiger partial charge in [0.05, 0.1) is 30.2 Å². The molecule has 1 aliphatic rings. The highest BCUT2D eigenvalue weighted by atomic mass is 35.5. The number of urea groups is 1. The van der Waals surface area contributed by atoms with Crippen molar-refractivity contribution in [2.75, 3.05) is 51.1 Å². The lowest BCUT2D eigenvalue weighted by atomic mass is 10.0. The van der Waals surface area contributed by atoms with Crippen LogP contribution in [0.4, 0.5) is 32.3 Å². The number of ether oxygens (including phenoxy) is 1. The van der Waals surface area contributed by atoms with E-state index in [1.54, 1.807) is 37.9 Å². The molecule has 1 aromatic heterocycles. The van der Waals surface area contributed by atoms with Crippen molar-refractivity contribution in [1.82, 2.24) is 25.5 Å². The van der Waals surface area contributed by atoms with Crippen molar-refractivity contribution in [2.24, 2.45) is 0 Å². The molecular formula is C27H31ClFN7O3. The van der Waals surface area contributed by atoms with Crippen LogP contribution in [0.1, 0.15) is 28.4 Å². The summed E-state index contributed by atoms with van der Waals surface area (Å²) in [4.78, 5) is 37.1. The van der Waals surface area contributed by atoms with Gasteiger partial charge < -0.3 is 30.5 Å². The molecule has 39 heavy (non-hydrogen) atoms. The monoisotopic (exact) mass is 555 g/mol. The number of aromatic nitrogens is 2. The van der Waals surface area contributed by atoms with Gasteiger partial charge in [-0.3, -0.25) is 4.79 Å². The molecule has 0 radical (unpaired) electrons. The van der Waals surface area contributed by atoms with Crippen LogP contribution in [0.25, 0.3) is 0 Å². The molecule has 0 saturated heterocycles. The first-order valence-electron chi connectivity index (χ1n) is 12.5. The topological polar surface area (TPSA) is 112 Å². The quantitative estimate of drug-likeness (QED) is 0.399. The van der Waals surface area contributed by atoms with E-state index in [9.17, 15) is 14.0 Å². The van der Waals surface area contributed by atoms with Gasteiger partial charge in [-0.05, 0) is 55.2 Å². The molecule has 2 heterocycles. The first-order chi connectivity index (χ1) is 18.8. The number of methoxy groups -OCH3 is 1. The number of para-hydroxylation sites is 1. The van der Waals surface area contributed by atoms with Crippen LogP contribution < -0.4 is 25.6 Å². The van der Waals surface area contributed by atoms with E-state index in [2.05, 4.69) is 25.9 Å². The summed E-state index contributed by atoms with van der Waals surface area (Å²) in [7, 11) is 5.00. The predicted molar refractivity (Wildman–Crippen MR) is 149 cm³/mol. The van der Waals surface area contributed by atoms with Crippen LogP contribution in [-0.2, 0) is 12.8 Å². The number of rotatable bonds is 7. The maximum absolute atomic E-state index is 14.8. The van der Waals surface area contributed by atoms with Gasteiger partial charge in [0.1, 0.15) is 16.6 Å². The largest absolute Gasteiger partial charge is 0.495 e. The van der Waals surface area contributed by atoms with Crippen LogP contribution in [0.15, 0.2) is 36.5 Å². The van der Waals surface area contributed by atoms with Crippen LogP contribution in [0.5, 0.6) is 5.75 Å². The average Bonchev–Trinajstić information content (AvgIpc) is 3.15. The summed E-state index contributed by atoms with van der Waals surface area (Å²) in [5, 5.41) is 8.40. The molecule has 3 aromatic rings. The molecule has 2 aromatic carbocycles. The lowest BCUT2D eigenvalue weighted by Gasteiger charge is -2.23. The van der Waals surface area contributed by atoms with Crippen LogP contribution in [-0.4, -0.2) is 67.6 Å². The third kappa shape index (κ3) is 5.98. The fourth-order valence-corrected chi connectivity index (χ4v) is 4.60. The number of hydrogen-bond acceptors (Lipinski definition) is 7. The number of halogens is 2. The second kappa shape index (κ2) is 12.2. The number of anilines is 4. The van der Waals surface area contributed by atoms with Gasteiger partial charge in [-0.1, -0.05) is 17.7 Å². The Kier molecular flexibility index (Phi) is 8.70. The summed E-state index contributed by atoms with van der Waals surface area (Å²) in [5.41, 5.74) is 2.99. The van der Waals surface area contributed by atoms with Crippen molar-refractivity contribution in [3.63, 3.8) is 0 Å². The summed E-state index contributed by atoms with van der Waals surface area (Å²) in [6.45, 7) is 3.37. The molecule has 12 heteroatoms. The molecule has 0 fully saturated rings. The Morgan fingerprint density at radius 3 is 2.59 bits per heavy atom. The minimum Gasteiger partial charge on any atom is -0.495 e. The van der Waals surface area contributed by atoms with E-state index in [-0.39, 0.29) is 34.1 Å². The van der Waals surface area contributed by atoms with Crippen molar-refractivity contribution in [1.29, 1.82) is 0 Å². The van der Waals surface area contributed by atoms with E-state index < -0.39 is 11.7 Å². The number of hydrogen-bond donors (Lipinski definition) is 3. The molecule has 3 N–H and O–H groups in total. The normalized spacial score (nSPS) is 12.7. The van der Waals surface area contributed by atoms with Crippen molar-refractivity contribution in [3.05, 3.63) is 64.1 Å². The molecule has 0 saturated carbocycles. The Morgan fingerprint density at radius 2 is 1.92 bits per heavy atom. The van der Waals surface area contributed by atoms with Gasteiger partial charge in [-0.15, -0.1) is 0 Å². The molecule has 10 nitrogen and oxygen atoms in total. The minimum atomic E-state index is -0.624. The lowest BCUT2D eigenvalue weighted by molar-refractivity contribution is 0.0956. The van der Waals surface area contributed by atoms with E-state index in [0.717, 1.165) is 11.1 Å². The number of nitrogens with zero attached hydrogens (tertiary/aromatic N) is 4. The summed E-state index contributed by atoms with van der Waals surface area (Å²) < 4.78 is 20.5. The van der Waals surface area contributed by atoms with Gasteiger partial charge in [0, 0.05) is 33.7 Å². The van der Waals surface area contributed by atoms with E-state index in [1.165, 1.54) is 24.4 Å². The summed E-state index contributed by atoms with van der Waals surface area (Å²) in [6, 6.07) is 8.11. The van der Waals surface area contributed by atoms with Gasteiger partial charge in [0.2, 0.25) is 5.95 Å². The predicted octanol–water partition coefficient (Wildman–Crippen LogP) is 4.28. The van der Waals surface area contributed by atoms with Crippen molar-refractivity contribution >= 4 is 46.7 Å². The third-order valence-electron chi connectivity index (χ3n) is 6.54. The molecule has 3 amide bonds. The smallest absolute Gasteiger partial charge is 0.317 e. The fourth-order valence-electron chi connectivity index (χ4n) is 4.46. The zero-order valence-corrected chi connectivity index (χ0v) is 23.0. The summed E-state index contributed by atoms with van der Waals surface area (Å²) in [6.07, 6.45) is 2.79. The van der Waals surface area contributed by atoms with Gasteiger partial charge in [-0.2, -0.15) is 4.98 Å². The average molecular weight is 556 g/mol. The number of carbonyl (C=O) groups is 2. The molecule has 206 valence electrons. The molecule has 0 spiro atoms. The number of benzene rings is 2. The SMILES string of the molecule is CCNC(=O)c1cccc(F)c1Nc1nc(N(C)c2cc3c(cc2OC)CCN(C(=O)NC)CC3)ncc1Cl. The molecule has 0 atom stereocenters. The van der Waals surface area contributed by atoms with E-state index in [1.807, 2.05) is 12.1 Å². The highest BCUT2D eigenvalue weighted by Crippen LogP contribution is 2.37. The lowest BCUT2D eigenvalue weighted by Crippen LogP contribution is -2.39. The maximum Gasteiger partial charge on any atom is 0.317 e. The molecule has 0 bridgehead atoms. The first-order valence-corrected chi connectivity index (χ1v) is 12.9. The molecule has 0 aliphatic carbocycles.